The van der Waals surface area contributed by atoms with Crippen LogP contribution in [0.1, 0.15) is 0 Å². The van der Waals surface area contributed by atoms with E-state index >= 15 is 4.39 Å². The molecule has 0 fully saturated rings. The van der Waals surface area contributed by atoms with Gasteiger partial charge in [-0.25, -0.2) is 22.4 Å². The molecule has 170 valence electrons. The van der Waals surface area contributed by atoms with Gasteiger partial charge in [-0.2, -0.15) is 0 Å². The van der Waals surface area contributed by atoms with Gasteiger partial charge in [0, 0.05) is 25.1 Å². The van der Waals surface area contributed by atoms with Crippen LogP contribution in [0, 0.1) is 17.5 Å². The first kappa shape index (κ1) is 23.6. The van der Waals surface area contributed by atoms with E-state index in [4.69, 9.17) is 4.74 Å². The maximum Gasteiger partial charge on any atom is 0.160 e. The Morgan fingerprint density at radius 2 is 1.88 bits per heavy atom. The highest BCUT2D eigenvalue weighted by Crippen LogP contribution is 2.41. The van der Waals surface area contributed by atoms with Crippen LogP contribution >= 0.6 is 27.3 Å². The Morgan fingerprint density at radius 3 is 2.61 bits per heavy atom. The molecule has 0 bridgehead atoms. The first-order chi connectivity index (χ1) is 15.9. The summed E-state index contributed by atoms with van der Waals surface area (Å²) in [7, 11) is -0.961. The molecule has 2 aromatic heterocycles. The number of aromatic nitrogens is 2. The van der Waals surface area contributed by atoms with Crippen LogP contribution in [0.5, 0.6) is 0 Å². The van der Waals surface area contributed by atoms with E-state index in [1.54, 1.807) is 36.7 Å². The Bertz CT molecular complexity index is 1320. The van der Waals surface area contributed by atoms with E-state index in [1.807, 2.05) is 0 Å². The average molecular weight is 554 g/mol. The number of anilines is 1. The number of hydrogen-bond donors (Lipinski definition) is 0. The lowest BCUT2D eigenvalue weighted by molar-refractivity contribution is 0.210. The topological polar surface area (TPSA) is 55.3 Å². The molecule has 0 radical (unpaired) electrons. The molecule has 0 N–H and O–H groups in total. The van der Waals surface area contributed by atoms with Gasteiger partial charge >= 0.3 is 0 Å². The standard InChI is InChI=1S/C22H15BrF3N3O2S2/c1-31-12-29(33(30)18-11-14(24)5-6-16(18)25)17-4-2-3-15(19(17)26)20-21(32-22(23)28-20)13-7-9-27-10-8-13/h2-11H,12H2,1H3. The van der Waals surface area contributed by atoms with Crippen LogP contribution in [0.25, 0.3) is 21.7 Å². The van der Waals surface area contributed by atoms with Gasteiger partial charge in [0.05, 0.1) is 21.2 Å². The third-order valence-corrected chi connectivity index (χ3v) is 7.52. The molecular weight excluding hydrogens is 539 g/mol. The molecule has 0 saturated carbocycles. The quantitative estimate of drug-likeness (QED) is 0.256. The fraction of sp³-hybridized carbons (Fsp3) is 0.0909. The van der Waals surface area contributed by atoms with Crippen LogP contribution in [0.4, 0.5) is 18.9 Å². The van der Waals surface area contributed by atoms with Crippen molar-refractivity contribution >= 4 is 43.9 Å². The Balaban J connectivity index is 1.83. The zero-order chi connectivity index (χ0) is 23.5. The van der Waals surface area contributed by atoms with Crippen LogP contribution in [0.15, 0.2) is 69.7 Å². The number of benzene rings is 2. The fourth-order valence-electron chi connectivity index (χ4n) is 3.12. The predicted octanol–water partition coefficient (Wildman–Crippen LogP) is 6.19. The van der Waals surface area contributed by atoms with E-state index in [0.29, 0.717) is 14.5 Å². The number of thiazole rings is 1. The molecule has 33 heavy (non-hydrogen) atoms. The molecule has 0 aliphatic rings. The molecule has 0 aliphatic heterocycles. The lowest BCUT2D eigenvalue weighted by Crippen LogP contribution is -2.29. The Hall–Kier alpha value is -2.60. The zero-order valence-corrected chi connectivity index (χ0v) is 20.2. The van der Waals surface area contributed by atoms with Crippen molar-refractivity contribution in [3.63, 3.8) is 0 Å². The molecule has 4 rings (SSSR count). The van der Waals surface area contributed by atoms with Crippen molar-refractivity contribution in [1.82, 2.24) is 9.97 Å². The summed E-state index contributed by atoms with van der Waals surface area (Å²) >= 11 is 4.68. The second-order valence-electron chi connectivity index (χ2n) is 6.64. The second kappa shape index (κ2) is 10.1. The largest absolute Gasteiger partial charge is 0.363 e. The summed E-state index contributed by atoms with van der Waals surface area (Å²) in [6.45, 7) is -0.332. The molecule has 1 atom stereocenters. The molecule has 11 heteroatoms. The first-order valence-electron chi connectivity index (χ1n) is 9.39. The third kappa shape index (κ3) is 4.86. The van der Waals surface area contributed by atoms with Crippen molar-refractivity contribution in [2.45, 2.75) is 4.90 Å². The number of methoxy groups -OCH3 is 1. The van der Waals surface area contributed by atoms with Crippen molar-refractivity contribution in [2.24, 2.45) is 0 Å². The Morgan fingerprint density at radius 1 is 1.12 bits per heavy atom. The minimum Gasteiger partial charge on any atom is -0.363 e. The summed E-state index contributed by atoms with van der Waals surface area (Å²) in [5, 5.41) is 0. The van der Waals surface area contributed by atoms with Gasteiger partial charge in [-0.15, -0.1) is 11.3 Å². The van der Waals surface area contributed by atoms with Crippen molar-refractivity contribution in [3.8, 4) is 21.7 Å². The van der Waals surface area contributed by atoms with Gasteiger partial charge in [-0.3, -0.25) is 9.29 Å². The zero-order valence-electron chi connectivity index (χ0n) is 17.0. The summed E-state index contributed by atoms with van der Waals surface area (Å²) in [4.78, 5) is 8.72. The van der Waals surface area contributed by atoms with Gasteiger partial charge in [0.15, 0.2) is 20.7 Å². The van der Waals surface area contributed by atoms with E-state index in [1.165, 1.54) is 24.5 Å². The van der Waals surface area contributed by atoms with E-state index in [0.717, 1.165) is 28.1 Å². The van der Waals surface area contributed by atoms with E-state index in [9.17, 15) is 13.0 Å². The van der Waals surface area contributed by atoms with Crippen LogP contribution in [0.3, 0.4) is 0 Å². The van der Waals surface area contributed by atoms with E-state index in [-0.39, 0.29) is 18.0 Å². The number of nitrogens with zero attached hydrogens (tertiary/aromatic N) is 3. The number of halogens is 4. The van der Waals surface area contributed by atoms with Gasteiger partial charge in [-0.1, -0.05) is 6.07 Å². The third-order valence-electron chi connectivity index (χ3n) is 4.57. The number of hydrogen-bond acceptors (Lipinski definition) is 5. The fourth-order valence-corrected chi connectivity index (χ4v) is 5.81. The molecule has 0 aliphatic carbocycles. The lowest BCUT2D eigenvalue weighted by atomic mass is 10.1. The SMILES string of the molecule is COCN(c1cccc(-c2nc(Br)sc2-c2ccncc2)c1F)S(=O)c1cc(F)ccc1F. The van der Waals surface area contributed by atoms with E-state index in [2.05, 4.69) is 25.9 Å². The highest BCUT2D eigenvalue weighted by molar-refractivity contribution is 9.11. The normalized spacial score (nSPS) is 12.0. The summed E-state index contributed by atoms with van der Waals surface area (Å²) in [5.74, 6) is -2.37. The smallest absolute Gasteiger partial charge is 0.160 e. The van der Waals surface area contributed by atoms with Crippen molar-refractivity contribution < 1.29 is 22.1 Å². The number of pyridine rings is 1. The molecule has 0 amide bonds. The highest BCUT2D eigenvalue weighted by Gasteiger charge is 2.26. The van der Waals surface area contributed by atoms with Crippen molar-refractivity contribution in [2.75, 3.05) is 18.1 Å². The monoisotopic (exact) mass is 553 g/mol. The first-order valence-corrected chi connectivity index (χ1v) is 12.1. The number of ether oxygens (including phenoxy) is 1. The maximum atomic E-state index is 15.8. The summed E-state index contributed by atoms with van der Waals surface area (Å²) < 4.78 is 63.6. The molecular formula is C22H15BrF3N3O2S2. The van der Waals surface area contributed by atoms with Gasteiger partial charge in [0.1, 0.15) is 18.4 Å². The van der Waals surface area contributed by atoms with Gasteiger partial charge in [0.25, 0.3) is 0 Å². The maximum absolute atomic E-state index is 15.8. The Kier molecular flexibility index (Phi) is 7.23. The Labute approximate surface area is 202 Å². The molecule has 0 spiro atoms. The summed E-state index contributed by atoms with van der Waals surface area (Å²) in [6.07, 6.45) is 3.24. The van der Waals surface area contributed by atoms with Crippen LogP contribution in [-0.4, -0.2) is 28.0 Å². The average Bonchev–Trinajstić information content (AvgIpc) is 3.21. The van der Waals surface area contributed by atoms with Crippen LogP contribution in [0.2, 0.25) is 0 Å². The van der Waals surface area contributed by atoms with Gasteiger partial charge in [-0.05, 0) is 64.0 Å². The molecule has 0 saturated heterocycles. The molecule has 2 heterocycles. The van der Waals surface area contributed by atoms with E-state index < -0.39 is 33.3 Å². The second-order valence-corrected chi connectivity index (χ2v) is 10.3. The molecule has 5 nitrogen and oxygen atoms in total. The predicted molar refractivity (Wildman–Crippen MR) is 126 cm³/mol. The van der Waals surface area contributed by atoms with Crippen LogP contribution in [-0.2, 0) is 15.7 Å². The molecule has 1 unspecified atom stereocenters. The minimum absolute atomic E-state index is 0.110. The summed E-state index contributed by atoms with van der Waals surface area (Å²) in [6, 6.07) is 10.7. The lowest BCUT2D eigenvalue weighted by Gasteiger charge is -2.24. The van der Waals surface area contributed by atoms with Crippen molar-refractivity contribution in [3.05, 3.63) is 82.3 Å². The van der Waals surface area contributed by atoms with Gasteiger partial charge < -0.3 is 4.74 Å². The number of rotatable bonds is 7. The van der Waals surface area contributed by atoms with Crippen LogP contribution < -0.4 is 4.31 Å². The van der Waals surface area contributed by atoms with Crippen molar-refractivity contribution in [1.29, 1.82) is 0 Å². The molecule has 2 aromatic carbocycles. The molecule has 4 aromatic rings. The highest BCUT2D eigenvalue weighted by atomic mass is 79.9. The summed E-state index contributed by atoms with van der Waals surface area (Å²) in [5.41, 5.74) is 1.21. The minimum atomic E-state index is -2.29. The van der Waals surface area contributed by atoms with Gasteiger partial charge in [0.2, 0.25) is 0 Å².